The monoisotopic (exact) mass is 152 g/mol. The summed E-state index contributed by atoms with van der Waals surface area (Å²) in [5.41, 5.74) is 12.8. The van der Waals surface area contributed by atoms with Gasteiger partial charge in [0.05, 0.1) is 0 Å². The van der Waals surface area contributed by atoms with Crippen molar-refractivity contribution in [3.63, 3.8) is 0 Å². The van der Waals surface area contributed by atoms with Gasteiger partial charge < -0.3 is 16.6 Å². The quantitative estimate of drug-likeness (QED) is 0.571. The first kappa shape index (κ1) is 8.04. The highest BCUT2D eigenvalue weighted by molar-refractivity contribution is 5.34. The van der Waals surface area contributed by atoms with Crippen LogP contribution in [-0.2, 0) is 13.1 Å². The summed E-state index contributed by atoms with van der Waals surface area (Å²) < 4.78 is 0. The van der Waals surface area contributed by atoms with Crippen molar-refractivity contribution < 1.29 is 5.11 Å². The number of phenols is 1. The number of benzene rings is 1. The summed E-state index contributed by atoms with van der Waals surface area (Å²) in [6, 6.07) is 5.04. The molecule has 0 saturated carbocycles. The topological polar surface area (TPSA) is 72.3 Å². The predicted octanol–water partition coefficient (Wildman–Crippen LogP) is 0.310. The molecule has 0 saturated heterocycles. The molecule has 1 rings (SSSR count). The first-order valence-electron chi connectivity index (χ1n) is 3.49. The number of phenolic OH excluding ortho intramolecular Hbond substituents is 1. The smallest absolute Gasteiger partial charge is 0.115 e. The fraction of sp³-hybridized carbons (Fsp3) is 0.250. The van der Waals surface area contributed by atoms with Gasteiger partial charge in [-0.15, -0.1) is 0 Å². The van der Waals surface area contributed by atoms with Crippen LogP contribution in [0.1, 0.15) is 11.1 Å². The van der Waals surface area contributed by atoms with Gasteiger partial charge >= 0.3 is 0 Å². The molecule has 3 nitrogen and oxygen atoms in total. The minimum atomic E-state index is 0.239. The van der Waals surface area contributed by atoms with Crippen LogP contribution in [0, 0.1) is 0 Å². The summed E-state index contributed by atoms with van der Waals surface area (Å²) in [5.74, 6) is 0.239. The van der Waals surface area contributed by atoms with E-state index in [1.54, 1.807) is 18.2 Å². The van der Waals surface area contributed by atoms with Crippen molar-refractivity contribution >= 4 is 0 Å². The molecule has 0 aliphatic carbocycles. The molecule has 1 aromatic rings. The standard InChI is InChI=1S/C8H12N2O/c9-4-6-1-2-8(11)3-7(6)5-10/h1-3,11H,4-5,9-10H2. The third kappa shape index (κ3) is 1.69. The second-order valence-corrected chi connectivity index (χ2v) is 2.36. The van der Waals surface area contributed by atoms with Crippen molar-refractivity contribution in [1.82, 2.24) is 0 Å². The summed E-state index contributed by atoms with van der Waals surface area (Å²) in [5, 5.41) is 9.07. The van der Waals surface area contributed by atoms with Gasteiger partial charge in [0, 0.05) is 13.1 Å². The van der Waals surface area contributed by atoms with Crippen LogP contribution < -0.4 is 11.5 Å². The van der Waals surface area contributed by atoms with Crippen LogP contribution in [0.25, 0.3) is 0 Å². The van der Waals surface area contributed by atoms with E-state index in [-0.39, 0.29) is 5.75 Å². The van der Waals surface area contributed by atoms with Crippen molar-refractivity contribution in [2.24, 2.45) is 11.5 Å². The molecule has 0 aliphatic rings. The molecule has 60 valence electrons. The third-order valence-corrected chi connectivity index (χ3v) is 1.63. The van der Waals surface area contributed by atoms with Crippen LogP contribution in [0.4, 0.5) is 0 Å². The van der Waals surface area contributed by atoms with E-state index >= 15 is 0 Å². The second kappa shape index (κ2) is 3.37. The molecular weight excluding hydrogens is 140 g/mol. The van der Waals surface area contributed by atoms with E-state index < -0.39 is 0 Å². The van der Waals surface area contributed by atoms with E-state index in [9.17, 15) is 0 Å². The molecule has 0 heterocycles. The first-order chi connectivity index (χ1) is 5.27. The molecule has 0 amide bonds. The Bertz CT molecular complexity index is 248. The van der Waals surface area contributed by atoms with Crippen LogP contribution in [0.5, 0.6) is 5.75 Å². The lowest BCUT2D eigenvalue weighted by molar-refractivity contribution is 0.474. The van der Waals surface area contributed by atoms with E-state index in [0.29, 0.717) is 13.1 Å². The Morgan fingerprint density at radius 3 is 2.27 bits per heavy atom. The molecule has 0 atom stereocenters. The molecule has 1 aromatic carbocycles. The summed E-state index contributed by atoms with van der Waals surface area (Å²) in [7, 11) is 0. The minimum Gasteiger partial charge on any atom is -0.508 e. The molecular formula is C8H12N2O. The lowest BCUT2D eigenvalue weighted by Gasteiger charge is -2.04. The van der Waals surface area contributed by atoms with E-state index in [1.807, 2.05) is 0 Å². The van der Waals surface area contributed by atoms with Gasteiger partial charge in [-0.1, -0.05) is 6.07 Å². The molecule has 0 unspecified atom stereocenters. The van der Waals surface area contributed by atoms with Crippen molar-refractivity contribution in [2.45, 2.75) is 13.1 Å². The number of hydrogen-bond donors (Lipinski definition) is 3. The summed E-state index contributed by atoms with van der Waals surface area (Å²) in [6.07, 6.45) is 0. The van der Waals surface area contributed by atoms with Crippen molar-refractivity contribution in [1.29, 1.82) is 0 Å². The van der Waals surface area contributed by atoms with E-state index in [1.165, 1.54) is 0 Å². The Kier molecular flexibility index (Phi) is 2.46. The average Bonchev–Trinajstić information content (AvgIpc) is 2.04. The normalized spacial score (nSPS) is 10.0. The Hall–Kier alpha value is -1.06. The maximum Gasteiger partial charge on any atom is 0.115 e. The van der Waals surface area contributed by atoms with Gasteiger partial charge in [-0.25, -0.2) is 0 Å². The fourth-order valence-corrected chi connectivity index (χ4v) is 1.00. The Balaban J connectivity index is 3.06. The zero-order chi connectivity index (χ0) is 8.27. The van der Waals surface area contributed by atoms with Crippen LogP contribution in [-0.4, -0.2) is 5.11 Å². The summed E-state index contributed by atoms with van der Waals surface area (Å²) >= 11 is 0. The lowest BCUT2D eigenvalue weighted by Crippen LogP contribution is -2.05. The van der Waals surface area contributed by atoms with Gasteiger partial charge in [-0.2, -0.15) is 0 Å². The summed E-state index contributed by atoms with van der Waals surface area (Å²) in [6.45, 7) is 0.883. The van der Waals surface area contributed by atoms with E-state index in [2.05, 4.69) is 0 Å². The molecule has 5 N–H and O–H groups in total. The number of rotatable bonds is 2. The Labute approximate surface area is 65.6 Å². The van der Waals surface area contributed by atoms with Crippen LogP contribution in [0.15, 0.2) is 18.2 Å². The van der Waals surface area contributed by atoms with Gasteiger partial charge in [0.15, 0.2) is 0 Å². The number of aromatic hydroxyl groups is 1. The van der Waals surface area contributed by atoms with Crippen molar-refractivity contribution in [3.8, 4) is 5.75 Å². The molecule has 0 bridgehead atoms. The predicted molar refractivity (Wildman–Crippen MR) is 43.9 cm³/mol. The maximum absolute atomic E-state index is 9.07. The lowest BCUT2D eigenvalue weighted by atomic mass is 10.1. The van der Waals surface area contributed by atoms with Crippen molar-refractivity contribution in [2.75, 3.05) is 0 Å². The second-order valence-electron chi connectivity index (χ2n) is 2.36. The molecule has 0 spiro atoms. The van der Waals surface area contributed by atoms with Crippen molar-refractivity contribution in [3.05, 3.63) is 29.3 Å². The van der Waals surface area contributed by atoms with E-state index in [4.69, 9.17) is 16.6 Å². The molecule has 0 radical (unpaired) electrons. The number of hydrogen-bond acceptors (Lipinski definition) is 3. The Morgan fingerprint density at radius 1 is 1.09 bits per heavy atom. The number of nitrogens with two attached hydrogens (primary N) is 2. The highest BCUT2D eigenvalue weighted by Crippen LogP contribution is 2.15. The van der Waals surface area contributed by atoms with Gasteiger partial charge in [0.25, 0.3) is 0 Å². The van der Waals surface area contributed by atoms with Gasteiger partial charge in [0.1, 0.15) is 5.75 Å². The SMILES string of the molecule is NCc1ccc(O)cc1CN. The van der Waals surface area contributed by atoms with Crippen LogP contribution >= 0.6 is 0 Å². The Morgan fingerprint density at radius 2 is 1.73 bits per heavy atom. The highest BCUT2D eigenvalue weighted by atomic mass is 16.3. The van der Waals surface area contributed by atoms with Crippen LogP contribution in [0.2, 0.25) is 0 Å². The van der Waals surface area contributed by atoms with Crippen LogP contribution in [0.3, 0.4) is 0 Å². The summed E-state index contributed by atoms with van der Waals surface area (Å²) in [4.78, 5) is 0. The molecule has 0 aliphatic heterocycles. The molecule has 3 heteroatoms. The molecule has 0 fully saturated rings. The average molecular weight is 152 g/mol. The largest absolute Gasteiger partial charge is 0.508 e. The highest BCUT2D eigenvalue weighted by Gasteiger charge is 1.98. The van der Waals surface area contributed by atoms with E-state index in [0.717, 1.165) is 11.1 Å². The zero-order valence-corrected chi connectivity index (χ0v) is 6.25. The minimum absolute atomic E-state index is 0.239. The molecule has 0 aromatic heterocycles. The van der Waals surface area contributed by atoms with Gasteiger partial charge in [-0.3, -0.25) is 0 Å². The zero-order valence-electron chi connectivity index (χ0n) is 6.25. The first-order valence-corrected chi connectivity index (χ1v) is 3.49. The fourth-order valence-electron chi connectivity index (χ4n) is 1.00. The maximum atomic E-state index is 9.07. The molecule has 11 heavy (non-hydrogen) atoms. The third-order valence-electron chi connectivity index (χ3n) is 1.63. The van der Waals surface area contributed by atoms with Gasteiger partial charge in [0.2, 0.25) is 0 Å². The van der Waals surface area contributed by atoms with Gasteiger partial charge in [-0.05, 0) is 23.3 Å².